The van der Waals surface area contributed by atoms with Gasteiger partial charge in [0.25, 0.3) is 0 Å². The molecule has 2 heteroatoms. The molecule has 0 aliphatic heterocycles. The molecule has 0 bridgehead atoms. The van der Waals surface area contributed by atoms with Crippen LogP contribution in [0.5, 0.6) is 0 Å². The highest BCUT2D eigenvalue weighted by atomic mass is 19.1. The monoisotopic (exact) mass is 177 g/mol. The number of halogens is 1. The Labute approximate surface area is 77.8 Å². The average molecular weight is 177 g/mol. The Morgan fingerprint density at radius 3 is 2.85 bits per heavy atom. The molecule has 13 heavy (non-hydrogen) atoms. The molecule has 68 valence electrons. The molecule has 0 heterocycles. The smallest absolute Gasteiger partial charge is 0.126 e. The normalized spacial score (nSPS) is 9.62. The van der Waals surface area contributed by atoms with Crippen molar-refractivity contribution in [1.82, 2.24) is 0 Å². The summed E-state index contributed by atoms with van der Waals surface area (Å²) in [4.78, 5) is 0. The maximum absolute atomic E-state index is 13.0. The van der Waals surface area contributed by atoms with Crippen LogP contribution in [0.25, 0.3) is 0 Å². The standard InChI is InChI=1S/C11H12FN/c1-9-5-6-10(8-11(9)12)4-2-3-7-13/h5-6,8H,2-4H2,1H3. The predicted molar refractivity (Wildman–Crippen MR) is 49.7 cm³/mol. The van der Waals surface area contributed by atoms with Gasteiger partial charge in [-0.25, -0.2) is 4.39 Å². The number of rotatable bonds is 3. The van der Waals surface area contributed by atoms with E-state index < -0.39 is 0 Å². The van der Waals surface area contributed by atoms with Crippen LogP contribution >= 0.6 is 0 Å². The zero-order chi connectivity index (χ0) is 9.68. The SMILES string of the molecule is Cc1ccc(CCCC#N)cc1F. The fourth-order valence-corrected chi connectivity index (χ4v) is 1.16. The summed E-state index contributed by atoms with van der Waals surface area (Å²) >= 11 is 0. The summed E-state index contributed by atoms with van der Waals surface area (Å²) in [6.07, 6.45) is 2.12. The van der Waals surface area contributed by atoms with E-state index in [2.05, 4.69) is 6.07 Å². The molecular formula is C11H12FN. The molecule has 0 aromatic heterocycles. The van der Waals surface area contributed by atoms with Crippen LogP contribution in [0.15, 0.2) is 18.2 Å². The van der Waals surface area contributed by atoms with Crippen molar-refractivity contribution in [2.75, 3.05) is 0 Å². The lowest BCUT2D eigenvalue weighted by Crippen LogP contribution is -1.88. The molecule has 0 aliphatic rings. The van der Waals surface area contributed by atoms with Crippen molar-refractivity contribution in [1.29, 1.82) is 5.26 Å². The zero-order valence-electron chi connectivity index (χ0n) is 7.68. The van der Waals surface area contributed by atoms with Crippen LogP contribution in [-0.2, 0) is 6.42 Å². The number of hydrogen-bond acceptors (Lipinski definition) is 1. The number of unbranched alkanes of at least 4 members (excludes halogenated alkanes) is 1. The van der Waals surface area contributed by atoms with Crippen LogP contribution in [-0.4, -0.2) is 0 Å². The van der Waals surface area contributed by atoms with E-state index in [1.54, 1.807) is 19.1 Å². The first-order valence-electron chi connectivity index (χ1n) is 4.36. The zero-order valence-corrected chi connectivity index (χ0v) is 7.68. The Balaban J connectivity index is 2.59. The lowest BCUT2D eigenvalue weighted by atomic mass is 10.1. The number of aryl methyl sites for hydroxylation is 2. The molecule has 0 saturated carbocycles. The van der Waals surface area contributed by atoms with E-state index >= 15 is 0 Å². The Morgan fingerprint density at radius 2 is 2.23 bits per heavy atom. The highest BCUT2D eigenvalue weighted by molar-refractivity contribution is 5.23. The van der Waals surface area contributed by atoms with Gasteiger partial charge in [-0.3, -0.25) is 0 Å². The van der Waals surface area contributed by atoms with Crippen LogP contribution in [0.3, 0.4) is 0 Å². The summed E-state index contributed by atoms with van der Waals surface area (Å²) in [7, 11) is 0. The number of benzene rings is 1. The minimum absolute atomic E-state index is 0.158. The summed E-state index contributed by atoms with van der Waals surface area (Å²) < 4.78 is 13.0. The summed E-state index contributed by atoms with van der Waals surface area (Å²) in [5.74, 6) is -0.158. The molecular weight excluding hydrogens is 165 g/mol. The van der Waals surface area contributed by atoms with Gasteiger partial charge in [-0.05, 0) is 37.0 Å². The second kappa shape index (κ2) is 4.61. The fourth-order valence-electron chi connectivity index (χ4n) is 1.16. The van der Waals surface area contributed by atoms with E-state index in [1.165, 1.54) is 0 Å². The van der Waals surface area contributed by atoms with E-state index in [-0.39, 0.29) is 5.82 Å². The van der Waals surface area contributed by atoms with Gasteiger partial charge in [0.1, 0.15) is 5.82 Å². The summed E-state index contributed by atoms with van der Waals surface area (Å²) in [5.41, 5.74) is 1.64. The molecule has 0 fully saturated rings. The number of nitriles is 1. The molecule has 0 aliphatic carbocycles. The summed E-state index contributed by atoms with van der Waals surface area (Å²) in [5, 5.41) is 8.32. The number of nitrogens with zero attached hydrogens (tertiary/aromatic N) is 1. The highest BCUT2D eigenvalue weighted by Gasteiger charge is 1.98. The average Bonchev–Trinajstić information content (AvgIpc) is 2.12. The Morgan fingerprint density at radius 1 is 1.46 bits per heavy atom. The van der Waals surface area contributed by atoms with Crippen molar-refractivity contribution in [2.24, 2.45) is 0 Å². The second-order valence-electron chi connectivity index (χ2n) is 3.10. The molecule has 1 nitrogen and oxygen atoms in total. The topological polar surface area (TPSA) is 23.8 Å². The van der Waals surface area contributed by atoms with Crippen molar-refractivity contribution >= 4 is 0 Å². The largest absolute Gasteiger partial charge is 0.207 e. The molecule has 0 amide bonds. The van der Waals surface area contributed by atoms with Crippen molar-refractivity contribution in [3.8, 4) is 6.07 Å². The van der Waals surface area contributed by atoms with Gasteiger partial charge in [0.2, 0.25) is 0 Å². The van der Waals surface area contributed by atoms with Gasteiger partial charge >= 0.3 is 0 Å². The van der Waals surface area contributed by atoms with E-state index in [0.717, 1.165) is 18.4 Å². The Bertz CT molecular complexity index is 325. The first-order valence-corrected chi connectivity index (χ1v) is 4.36. The van der Waals surface area contributed by atoms with Gasteiger partial charge in [-0.2, -0.15) is 5.26 Å². The molecule has 0 N–H and O–H groups in total. The third-order valence-electron chi connectivity index (χ3n) is 1.99. The van der Waals surface area contributed by atoms with E-state index in [0.29, 0.717) is 12.0 Å². The van der Waals surface area contributed by atoms with Crippen LogP contribution in [0.2, 0.25) is 0 Å². The third kappa shape index (κ3) is 2.87. The highest BCUT2D eigenvalue weighted by Crippen LogP contribution is 2.11. The van der Waals surface area contributed by atoms with Gasteiger partial charge in [0.05, 0.1) is 6.07 Å². The van der Waals surface area contributed by atoms with Crippen molar-refractivity contribution in [3.05, 3.63) is 35.1 Å². The van der Waals surface area contributed by atoms with Gasteiger partial charge in [0, 0.05) is 6.42 Å². The van der Waals surface area contributed by atoms with Gasteiger partial charge < -0.3 is 0 Å². The van der Waals surface area contributed by atoms with Crippen molar-refractivity contribution < 1.29 is 4.39 Å². The minimum atomic E-state index is -0.158. The van der Waals surface area contributed by atoms with Crippen LogP contribution in [0.1, 0.15) is 24.0 Å². The molecule has 1 rings (SSSR count). The van der Waals surface area contributed by atoms with Gasteiger partial charge in [0.15, 0.2) is 0 Å². The first kappa shape index (κ1) is 9.73. The Hall–Kier alpha value is -1.36. The second-order valence-corrected chi connectivity index (χ2v) is 3.10. The maximum atomic E-state index is 13.0. The van der Waals surface area contributed by atoms with Crippen LogP contribution < -0.4 is 0 Å². The molecule has 0 unspecified atom stereocenters. The van der Waals surface area contributed by atoms with Gasteiger partial charge in [-0.1, -0.05) is 12.1 Å². The van der Waals surface area contributed by atoms with Crippen LogP contribution in [0.4, 0.5) is 4.39 Å². The molecule has 0 radical (unpaired) electrons. The lowest BCUT2D eigenvalue weighted by Gasteiger charge is -2.00. The van der Waals surface area contributed by atoms with Crippen LogP contribution in [0, 0.1) is 24.1 Å². The third-order valence-corrected chi connectivity index (χ3v) is 1.99. The number of hydrogen-bond donors (Lipinski definition) is 0. The minimum Gasteiger partial charge on any atom is -0.207 e. The van der Waals surface area contributed by atoms with E-state index in [1.807, 2.05) is 6.07 Å². The summed E-state index contributed by atoms with van der Waals surface area (Å²) in [6, 6.07) is 7.31. The molecule has 1 aromatic rings. The van der Waals surface area contributed by atoms with E-state index in [9.17, 15) is 4.39 Å². The fraction of sp³-hybridized carbons (Fsp3) is 0.364. The van der Waals surface area contributed by atoms with Crippen molar-refractivity contribution in [3.63, 3.8) is 0 Å². The molecule has 0 spiro atoms. The predicted octanol–water partition coefficient (Wildman–Crippen LogP) is 2.98. The maximum Gasteiger partial charge on any atom is 0.126 e. The first-order chi connectivity index (χ1) is 6.24. The van der Waals surface area contributed by atoms with E-state index in [4.69, 9.17) is 5.26 Å². The molecule has 0 saturated heterocycles. The molecule has 0 atom stereocenters. The quantitative estimate of drug-likeness (QED) is 0.651. The Kier molecular flexibility index (Phi) is 3.45. The lowest BCUT2D eigenvalue weighted by molar-refractivity contribution is 0.615. The summed E-state index contributed by atoms with van der Waals surface area (Å²) in [6.45, 7) is 1.74. The van der Waals surface area contributed by atoms with Gasteiger partial charge in [-0.15, -0.1) is 0 Å². The molecule has 1 aromatic carbocycles. The van der Waals surface area contributed by atoms with Crippen molar-refractivity contribution in [2.45, 2.75) is 26.2 Å².